The fourth-order valence-electron chi connectivity index (χ4n) is 2.78. The second-order valence-electron chi connectivity index (χ2n) is 5.33. The Hall–Kier alpha value is -2.15. The van der Waals surface area contributed by atoms with Gasteiger partial charge in [-0.25, -0.2) is 4.79 Å². The number of aliphatic hydroxyl groups is 1. The zero-order valence-corrected chi connectivity index (χ0v) is 11.9. The van der Waals surface area contributed by atoms with E-state index in [9.17, 15) is 9.90 Å². The van der Waals surface area contributed by atoms with E-state index in [1.165, 1.54) is 0 Å². The van der Waals surface area contributed by atoms with E-state index in [4.69, 9.17) is 0 Å². The lowest BCUT2D eigenvalue weighted by molar-refractivity contribution is 0.155. The van der Waals surface area contributed by atoms with Gasteiger partial charge in [0, 0.05) is 12.7 Å². The van der Waals surface area contributed by atoms with Crippen molar-refractivity contribution in [1.29, 1.82) is 0 Å². The number of carbonyl (C=O) groups excluding carboxylic acids is 1. The highest BCUT2D eigenvalue weighted by Crippen LogP contribution is 2.18. The second-order valence-corrected chi connectivity index (χ2v) is 5.33. The molecule has 2 aromatic rings. The molecule has 2 amide bonds. The Morgan fingerprint density at radius 2 is 2.38 bits per heavy atom. The molecule has 1 saturated heterocycles. The summed E-state index contributed by atoms with van der Waals surface area (Å²) in [5.41, 5.74) is 0.753. The molecule has 0 saturated carbocycles. The average molecular weight is 289 g/mol. The lowest BCUT2D eigenvalue weighted by atomic mass is 10.2. The first kappa shape index (κ1) is 13.8. The highest BCUT2D eigenvalue weighted by atomic mass is 16.3. The van der Waals surface area contributed by atoms with Gasteiger partial charge in [-0.05, 0) is 31.9 Å². The quantitative estimate of drug-likeness (QED) is 0.881. The number of fused-ring (bicyclic) bond motifs is 1. The molecule has 2 aromatic heterocycles. The van der Waals surface area contributed by atoms with Crippen molar-refractivity contribution < 1.29 is 9.90 Å². The molecule has 0 spiro atoms. The Kier molecular flexibility index (Phi) is 3.74. The summed E-state index contributed by atoms with van der Waals surface area (Å²) < 4.78 is 1.86. The van der Waals surface area contributed by atoms with Gasteiger partial charge in [-0.3, -0.25) is 4.40 Å². The van der Waals surface area contributed by atoms with Crippen LogP contribution in [0.5, 0.6) is 0 Å². The van der Waals surface area contributed by atoms with Crippen LogP contribution in [-0.4, -0.2) is 49.8 Å². The van der Waals surface area contributed by atoms with Gasteiger partial charge in [-0.15, -0.1) is 10.2 Å². The van der Waals surface area contributed by atoms with E-state index in [0.717, 1.165) is 18.5 Å². The third kappa shape index (κ3) is 2.56. The smallest absolute Gasteiger partial charge is 0.318 e. The van der Waals surface area contributed by atoms with Crippen LogP contribution in [0.1, 0.15) is 31.6 Å². The first-order valence-corrected chi connectivity index (χ1v) is 7.18. The van der Waals surface area contributed by atoms with Gasteiger partial charge >= 0.3 is 6.03 Å². The molecule has 1 fully saturated rings. The summed E-state index contributed by atoms with van der Waals surface area (Å²) in [4.78, 5) is 14.0. The van der Waals surface area contributed by atoms with Crippen molar-refractivity contribution in [1.82, 2.24) is 24.8 Å². The Morgan fingerprint density at radius 3 is 3.19 bits per heavy atom. The van der Waals surface area contributed by atoms with Gasteiger partial charge in [0.25, 0.3) is 0 Å². The minimum absolute atomic E-state index is 0.00959. The molecule has 0 radical (unpaired) electrons. The van der Waals surface area contributed by atoms with Crippen LogP contribution < -0.4 is 5.32 Å². The summed E-state index contributed by atoms with van der Waals surface area (Å²) in [6.07, 6.45) is 3.66. The van der Waals surface area contributed by atoms with E-state index < -0.39 is 0 Å². The zero-order chi connectivity index (χ0) is 14.8. The van der Waals surface area contributed by atoms with Gasteiger partial charge in [0.15, 0.2) is 11.5 Å². The largest absolute Gasteiger partial charge is 0.394 e. The third-order valence-corrected chi connectivity index (χ3v) is 3.92. The van der Waals surface area contributed by atoms with Crippen molar-refractivity contribution in [3.05, 3.63) is 30.2 Å². The number of nitrogens with one attached hydrogen (secondary N) is 1. The number of hydrogen-bond acceptors (Lipinski definition) is 4. The molecule has 2 unspecified atom stereocenters. The summed E-state index contributed by atoms with van der Waals surface area (Å²) in [6.45, 7) is 2.57. The maximum Gasteiger partial charge on any atom is 0.318 e. The minimum Gasteiger partial charge on any atom is -0.394 e. The lowest BCUT2D eigenvalue weighted by Crippen LogP contribution is -2.45. The van der Waals surface area contributed by atoms with Crippen LogP contribution in [-0.2, 0) is 0 Å². The molecule has 0 aliphatic carbocycles. The molecule has 3 heterocycles. The maximum absolute atomic E-state index is 12.3. The predicted molar refractivity (Wildman–Crippen MR) is 76.7 cm³/mol. The zero-order valence-electron chi connectivity index (χ0n) is 11.9. The van der Waals surface area contributed by atoms with Gasteiger partial charge in [0.2, 0.25) is 0 Å². The van der Waals surface area contributed by atoms with Crippen LogP contribution in [0.2, 0.25) is 0 Å². The first-order chi connectivity index (χ1) is 10.2. The molecule has 1 aliphatic heterocycles. The fraction of sp³-hybridized carbons (Fsp3) is 0.500. The SMILES string of the molecule is CC(NC(=O)N1CCCC1CO)c1nnc2ccccn12. The number of pyridine rings is 1. The molecule has 7 nitrogen and oxygen atoms in total. The van der Waals surface area contributed by atoms with Crippen molar-refractivity contribution in [3.8, 4) is 0 Å². The lowest BCUT2D eigenvalue weighted by Gasteiger charge is -2.25. The van der Waals surface area contributed by atoms with Crippen LogP contribution in [0.4, 0.5) is 4.79 Å². The van der Waals surface area contributed by atoms with Gasteiger partial charge in [0.05, 0.1) is 18.7 Å². The first-order valence-electron chi connectivity index (χ1n) is 7.18. The van der Waals surface area contributed by atoms with E-state index in [1.807, 2.05) is 35.7 Å². The van der Waals surface area contributed by atoms with E-state index in [0.29, 0.717) is 12.4 Å². The Labute approximate surface area is 122 Å². The highest BCUT2D eigenvalue weighted by Gasteiger charge is 2.29. The van der Waals surface area contributed by atoms with Crippen molar-refractivity contribution in [3.63, 3.8) is 0 Å². The Bertz CT molecular complexity index is 641. The maximum atomic E-state index is 12.3. The number of likely N-dealkylation sites (tertiary alicyclic amines) is 1. The highest BCUT2D eigenvalue weighted by molar-refractivity contribution is 5.75. The topological polar surface area (TPSA) is 82.8 Å². The molecule has 21 heavy (non-hydrogen) atoms. The summed E-state index contributed by atoms with van der Waals surface area (Å²) >= 11 is 0. The van der Waals surface area contributed by atoms with Gasteiger partial charge < -0.3 is 15.3 Å². The molecular weight excluding hydrogens is 270 g/mol. The number of carbonyl (C=O) groups is 1. The summed E-state index contributed by atoms with van der Waals surface area (Å²) in [7, 11) is 0. The summed E-state index contributed by atoms with van der Waals surface area (Å²) in [5.74, 6) is 0.693. The fourth-order valence-corrected chi connectivity index (χ4v) is 2.78. The number of aromatic nitrogens is 3. The second kappa shape index (κ2) is 5.69. The summed E-state index contributed by atoms with van der Waals surface area (Å²) in [6, 6.07) is 5.17. The number of rotatable bonds is 3. The molecule has 112 valence electrons. The van der Waals surface area contributed by atoms with Gasteiger partial charge in [-0.2, -0.15) is 0 Å². The van der Waals surface area contributed by atoms with E-state index in [2.05, 4.69) is 15.5 Å². The molecule has 2 atom stereocenters. The van der Waals surface area contributed by atoms with E-state index in [1.54, 1.807) is 4.90 Å². The van der Waals surface area contributed by atoms with E-state index >= 15 is 0 Å². The van der Waals surface area contributed by atoms with Crippen molar-refractivity contribution >= 4 is 11.7 Å². The molecule has 1 aliphatic rings. The Balaban J connectivity index is 1.74. The number of urea groups is 1. The Morgan fingerprint density at radius 1 is 1.52 bits per heavy atom. The van der Waals surface area contributed by atoms with Crippen molar-refractivity contribution in [2.24, 2.45) is 0 Å². The molecule has 7 heteroatoms. The number of amides is 2. The van der Waals surface area contributed by atoms with E-state index in [-0.39, 0.29) is 24.7 Å². The number of nitrogens with zero attached hydrogens (tertiary/aromatic N) is 4. The van der Waals surface area contributed by atoms with Crippen LogP contribution in [0.3, 0.4) is 0 Å². The average Bonchev–Trinajstić information content (AvgIpc) is 3.13. The molecule has 3 rings (SSSR count). The number of aliphatic hydroxyl groups excluding tert-OH is 1. The van der Waals surface area contributed by atoms with Crippen molar-refractivity contribution in [2.45, 2.75) is 31.8 Å². The molecule has 0 aromatic carbocycles. The molecular formula is C14H19N5O2. The molecule has 2 N–H and O–H groups in total. The standard InChI is InChI=1S/C14H19N5O2/c1-10(13-17-16-12-6-2-3-7-19(12)13)15-14(21)18-8-4-5-11(18)9-20/h2-3,6-7,10-11,20H,4-5,8-9H2,1H3,(H,15,21). The molecule has 0 bridgehead atoms. The minimum atomic E-state index is -0.255. The normalized spacial score (nSPS) is 19.9. The predicted octanol–water partition coefficient (Wildman–Crippen LogP) is 0.957. The third-order valence-electron chi connectivity index (χ3n) is 3.92. The van der Waals surface area contributed by atoms with Gasteiger partial charge in [-0.1, -0.05) is 6.07 Å². The summed E-state index contributed by atoms with van der Waals surface area (Å²) in [5, 5.41) is 20.5. The van der Waals surface area contributed by atoms with Crippen LogP contribution in [0, 0.1) is 0 Å². The van der Waals surface area contributed by atoms with Gasteiger partial charge in [0.1, 0.15) is 0 Å². The monoisotopic (exact) mass is 289 g/mol. The number of hydrogen-bond donors (Lipinski definition) is 2. The van der Waals surface area contributed by atoms with Crippen molar-refractivity contribution in [2.75, 3.05) is 13.2 Å². The van der Waals surface area contributed by atoms with Crippen LogP contribution in [0.25, 0.3) is 5.65 Å². The van der Waals surface area contributed by atoms with Crippen LogP contribution in [0.15, 0.2) is 24.4 Å². The van der Waals surface area contributed by atoms with Crippen LogP contribution >= 0.6 is 0 Å².